The van der Waals surface area contributed by atoms with Gasteiger partial charge in [0, 0.05) is 11.0 Å². The van der Waals surface area contributed by atoms with Crippen molar-refractivity contribution < 1.29 is 0 Å². The van der Waals surface area contributed by atoms with Crippen molar-refractivity contribution in [2.75, 3.05) is 0 Å². The molecule has 0 nitrogen and oxygen atoms in total. The van der Waals surface area contributed by atoms with Crippen LogP contribution in [-0.2, 0) is 0 Å². The van der Waals surface area contributed by atoms with Gasteiger partial charge >= 0.3 is 0 Å². The highest BCUT2D eigenvalue weighted by Gasteiger charge is 2.06. The van der Waals surface area contributed by atoms with Gasteiger partial charge in [0.1, 0.15) is 0 Å². The van der Waals surface area contributed by atoms with E-state index in [-0.39, 0.29) is 5.41 Å². The van der Waals surface area contributed by atoms with Crippen molar-refractivity contribution in [1.29, 1.82) is 0 Å². The van der Waals surface area contributed by atoms with Crippen molar-refractivity contribution >= 4 is 0 Å². The molecule has 1 aromatic rings. The van der Waals surface area contributed by atoms with Gasteiger partial charge in [-0.3, -0.25) is 0 Å². The summed E-state index contributed by atoms with van der Waals surface area (Å²) < 4.78 is 0. The molecule has 0 radical (unpaired) electrons. The number of hydrogen-bond acceptors (Lipinski definition) is 0. The van der Waals surface area contributed by atoms with Crippen LogP contribution in [0.1, 0.15) is 19.4 Å². The van der Waals surface area contributed by atoms with E-state index in [1.54, 1.807) is 0 Å². The Labute approximate surface area is 80.3 Å². The van der Waals surface area contributed by atoms with Crippen molar-refractivity contribution in [1.82, 2.24) is 0 Å². The molecule has 0 aliphatic heterocycles. The van der Waals surface area contributed by atoms with Crippen LogP contribution in [0.4, 0.5) is 0 Å². The highest BCUT2D eigenvalue weighted by molar-refractivity contribution is 5.35. The van der Waals surface area contributed by atoms with Crippen LogP contribution < -0.4 is 0 Å². The van der Waals surface area contributed by atoms with Crippen LogP contribution in [0.25, 0.3) is 0 Å². The molecule has 1 aromatic carbocycles. The number of rotatable bonds is 1. The summed E-state index contributed by atoms with van der Waals surface area (Å²) in [5.41, 5.74) is 0.952. The van der Waals surface area contributed by atoms with Crippen molar-refractivity contribution in [3.05, 3.63) is 48.6 Å². The number of hydrogen-bond donors (Lipinski definition) is 0. The second-order valence-corrected chi connectivity index (χ2v) is 3.54. The lowest BCUT2D eigenvalue weighted by atomic mass is 9.94. The van der Waals surface area contributed by atoms with Crippen LogP contribution >= 0.6 is 0 Å². The van der Waals surface area contributed by atoms with Crippen molar-refractivity contribution in [3.8, 4) is 11.8 Å². The van der Waals surface area contributed by atoms with E-state index in [1.165, 1.54) is 0 Å². The molecule has 0 aliphatic carbocycles. The summed E-state index contributed by atoms with van der Waals surface area (Å²) in [7, 11) is 0. The molecule has 66 valence electrons. The molecule has 0 heterocycles. The largest absolute Gasteiger partial charge is 0.102 e. The zero-order chi connectivity index (χ0) is 9.73. The summed E-state index contributed by atoms with van der Waals surface area (Å²) in [6.07, 6.45) is 1.86. The van der Waals surface area contributed by atoms with Crippen LogP contribution in [0.5, 0.6) is 0 Å². The Bertz CT molecular complexity index is 333. The van der Waals surface area contributed by atoms with Gasteiger partial charge in [0.05, 0.1) is 0 Å². The van der Waals surface area contributed by atoms with Crippen LogP contribution in [-0.4, -0.2) is 0 Å². The topological polar surface area (TPSA) is 0 Å². The normalized spacial score (nSPS) is 10.0. The first kappa shape index (κ1) is 9.61. The first-order chi connectivity index (χ1) is 6.14. The van der Waals surface area contributed by atoms with Gasteiger partial charge in [-0.15, -0.1) is 6.58 Å². The third-order valence-electron chi connectivity index (χ3n) is 1.81. The van der Waals surface area contributed by atoms with Gasteiger partial charge in [0.2, 0.25) is 0 Å². The van der Waals surface area contributed by atoms with Gasteiger partial charge in [-0.25, -0.2) is 0 Å². The summed E-state index contributed by atoms with van der Waals surface area (Å²) >= 11 is 0. The monoisotopic (exact) mass is 170 g/mol. The SMILES string of the molecule is C=CC(C)(C)C#Cc1ccccc1. The number of allylic oxidation sites excluding steroid dienone is 1. The molecular formula is C13H14. The standard InChI is InChI=1S/C13H14/c1-4-13(2,3)11-10-12-8-6-5-7-9-12/h4-9H,1H2,2-3H3. The molecule has 13 heavy (non-hydrogen) atoms. The molecule has 0 unspecified atom stereocenters. The lowest BCUT2D eigenvalue weighted by Gasteiger charge is -2.08. The maximum Gasteiger partial charge on any atom is 0.0438 e. The minimum Gasteiger partial charge on any atom is -0.102 e. The smallest absolute Gasteiger partial charge is 0.0438 e. The Morgan fingerprint density at radius 2 is 1.85 bits per heavy atom. The second kappa shape index (κ2) is 3.96. The van der Waals surface area contributed by atoms with E-state index >= 15 is 0 Å². The molecule has 0 aliphatic rings. The fraction of sp³-hybridized carbons (Fsp3) is 0.231. The summed E-state index contributed by atoms with van der Waals surface area (Å²) in [4.78, 5) is 0. The molecular weight excluding hydrogens is 156 g/mol. The molecule has 0 spiro atoms. The zero-order valence-electron chi connectivity index (χ0n) is 8.17. The lowest BCUT2D eigenvalue weighted by Crippen LogP contribution is -2.01. The molecule has 1 rings (SSSR count). The van der Waals surface area contributed by atoms with E-state index < -0.39 is 0 Å². The lowest BCUT2D eigenvalue weighted by molar-refractivity contribution is 0.657. The summed E-state index contributed by atoms with van der Waals surface area (Å²) in [5.74, 6) is 6.27. The molecule has 0 N–H and O–H groups in total. The molecule has 0 atom stereocenters. The van der Waals surface area contributed by atoms with E-state index in [0.29, 0.717) is 0 Å². The first-order valence-corrected chi connectivity index (χ1v) is 4.36. The molecule has 0 saturated heterocycles. The van der Waals surface area contributed by atoms with Gasteiger partial charge in [0.15, 0.2) is 0 Å². The maximum absolute atomic E-state index is 3.74. The molecule has 0 bridgehead atoms. The highest BCUT2D eigenvalue weighted by atomic mass is 14.1. The summed E-state index contributed by atoms with van der Waals surface area (Å²) in [6, 6.07) is 9.98. The molecule has 0 aromatic heterocycles. The Kier molecular flexibility index (Phi) is 2.93. The van der Waals surface area contributed by atoms with Crippen LogP contribution in [0.3, 0.4) is 0 Å². The predicted octanol–water partition coefficient (Wildman–Crippen LogP) is 3.25. The minimum atomic E-state index is -0.101. The predicted molar refractivity (Wildman–Crippen MR) is 57.3 cm³/mol. The van der Waals surface area contributed by atoms with Gasteiger partial charge in [-0.1, -0.05) is 36.1 Å². The highest BCUT2D eigenvalue weighted by Crippen LogP contribution is 2.13. The fourth-order valence-electron chi connectivity index (χ4n) is 0.806. The van der Waals surface area contributed by atoms with E-state index in [2.05, 4.69) is 32.3 Å². The Hall–Kier alpha value is -1.48. The Morgan fingerprint density at radius 3 is 2.38 bits per heavy atom. The third kappa shape index (κ3) is 3.17. The summed E-state index contributed by atoms with van der Waals surface area (Å²) in [6.45, 7) is 7.85. The van der Waals surface area contributed by atoms with Crippen molar-refractivity contribution in [2.24, 2.45) is 5.41 Å². The molecule has 0 saturated carbocycles. The molecule has 0 heteroatoms. The first-order valence-electron chi connectivity index (χ1n) is 4.36. The van der Waals surface area contributed by atoms with Gasteiger partial charge in [-0.05, 0) is 26.0 Å². The second-order valence-electron chi connectivity index (χ2n) is 3.54. The van der Waals surface area contributed by atoms with E-state index in [4.69, 9.17) is 0 Å². The van der Waals surface area contributed by atoms with Gasteiger partial charge in [-0.2, -0.15) is 0 Å². The average molecular weight is 170 g/mol. The van der Waals surface area contributed by atoms with Gasteiger partial charge in [0.25, 0.3) is 0 Å². The Balaban J connectivity index is 2.85. The summed E-state index contributed by atoms with van der Waals surface area (Å²) in [5, 5.41) is 0. The van der Waals surface area contributed by atoms with Crippen molar-refractivity contribution in [2.45, 2.75) is 13.8 Å². The third-order valence-corrected chi connectivity index (χ3v) is 1.81. The van der Waals surface area contributed by atoms with E-state index in [9.17, 15) is 0 Å². The van der Waals surface area contributed by atoms with Gasteiger partial charge < -0.3 is 0 Å². The quantitative estimate of drug-likeness (QED) is 0.448. The molecule has 0 fully saturated rings. The fourth-order valence-corrected chi connectivity index (χ4v) is 0.806. The maximum atomic E-state index is 3.74. The van der Waals surface area contributed by atoms with Crippen LogP contribution in [0, 0.1) is 17.3 Å². The molecule has 0 amide bonds. The average Bonchev–Trinajstić information content (AvgIpc) is 2.17. The van der Waals surface area contributed by atoms with Crippen LogP contribution in [0.2, 0.25) is 0 Å². The Morgan fingerprint density at radius 1 is 1.23 bits per heavy atom. The van der Waals surface area contributed by atoms with Crippen LogP contribution in [0.15, 0.2) is 43.0 Å². The zero-order valence-corrected chi connectivity index (χ0v) is 8.17. The van der Waals surface area contributed by atoms with E-state index in [1.807, 2.05) is 36.4 Å². The number of benzene rings is 1. The van der Waals surface area contributed by atoms with Crippen molar-refractivity contribution in [3.63, 3.8) is 0 Å². The van der Waals surface area contributed by atoms with E-state index in [0.717, 1.165) is 5.56 Å². The minimum absolute atomic E-state index is 0.101.